The van der Waals surface area contributed by atoms with E-state index in [1.165, 1.54) is 31.5 Å². The first-order valence-electron chi connectivity index (χ1n) is 8.35. The van der Waals surface area contributed by atoms with Crippen LogP contribution in [0.1, 0.15) is 52.3 Å². The molecule has 2 N–H and O–H groups in total. The molecule has 0 aliphatic heterocycles. The molecule has 1 aliphatic carbocycles. The first-order valence-corrected chi connectivity index (χ1v) is 8.35. The van der Waals surface area contributed by atoms with Gasteiger partial charge in [0.1, 0.15) is 5.82 Å². The van der Waals surface area contributed by atoms with Gasteiger partial charge in [-0.15, -0.1) is 0 Å². The molecule has 1 fully saturated rings. The van der Waals surface area contributed by atoms with Crippen LogP contribution >= 0.6 is 0 Å². The molecule has 0 amide bonds. The Morgan fingerprint density at radius 2 is 2.15 bits per heavy atom. The lowest BCUT2D eigenvalue weighted by Gasteiger charge is -2.37. The van der Waals surface area contributed by atoms with Crippen LogP contribution in [0.2, 0.25) is 0 Å². The molecule has 1 saturated carbocycles. The molecule has 0 spiro atoms. The van der Waals surface area contributed by atoms with Crippen LogP contribution < -0.4 is 5.73 Å². The van der Waals surface area contributed by atoms with E-state index in [0.29, 0.717) is 5.92 Å². The Kier molecular flexibility index (Phi) is 5.64. The van der Waals surface area contributed by atoms with Gasteiger partial charge in [0, 0.05) is 25.4 Å². The van der Waals surface area contributed by atoms with Crippen molar-refractivity contribution < 1.29 is 0 Å². The maximum atomic E-state index is 6.01. The van der Waals surface area contributed by atoms with E-state index in [4.69, 9.17) is 5.73 Å². The number of nitrogens with two attached hydrogens (primary N) is 1. The zero-order valence-electron chi connectivity index (χ0n) is 13.4. The number of hydrogen-bond acceptors (Lipinski definition) is 2. The molecule has 2 rings (SSSR count). The minimum absolute atomic E-state index is 0.691. The van der Waals surface area contributed by atoms with Gasteiger partial charge in [0.25, 0.3) is 0 Å². The SMILES string of the molecule is CCCn1ccnc1CC1CC(C(C)C)CCC1CN. The van der Waals surface area contributed by atoms with E-state index in [1.807, 2.05) is 6.20 Å². The molecular weight excluding hydrogens is 246 g/mol. The van der Waals surface area contributed by atoms with Crippen molar-refractivity contribution in [2.75, 3.05) is 6.54 Å². The molecule has 3 nitrogen and oxygen atoms in total. The van der Waals surface area contributed by atoms with Crippen LogP contribution in [-0.2, 0) is 13.0 Å². The minimum Gasteiger partial charge on any atom is -0.335 e. The molecule has 20 heavy (non-hydrogen) atoms. The summed E-state index contributed by atoms with van der Waals surface area (Å²) in [6, 6.07) is 0. The van der Waals surface area contributed by atoms with Gasteiger partial charge in [0.05, 0.1) is 0 Å². The normalized spacial score (nSPS) is 27.1. The van der Waals surface area contributed by atoms with Crippen LogP contribution in [0, 0.1) is 23.7 Å². The van der Waals surface area contributed by atoms with Crippen molar-refractivity contribution in [3.63, 3.8) is 0 Å². The Hall–Kier alpha value is -0.830. The van der Waals surface area contributed by atoms with Gasteiger partial charge in [0.2, 0.25) is 0 Å². The summed E-state index contributed by atoms with van der Waals surface area (Å²) in [7, 11) is 0. The first-order chi connectivity index (χ1) is 9.65. The third-order valence-corrected chi connectivity index (χ3v) is 5.14. The number of hydrogen-bond donors (Lipinski definition) is 1. The Bertz CT molecular complexity index is 397. The highest BCUT2D eigenvalue weighted by Crippen LogP contribution is 2.38. The second-order valence-corrected chi connectivity index (χ2v) is 6.81. The Morgan fingerprint density at radius 1 is 1.35 bits per heavy atom. The lowest BCUT2D eigenvalue weighted by atomic mass is 9.69. The van der Waals surface area contributed by atoms with E-state index >= 15 is 0 Å². The molecule has 0 radical (unpaired) electrons. The molecule has 114 valence electrons. The Labute approximate surface area is 124 Å². The van der Waals surface area contributed by atoms with Crippen molar-refractivity contribution >= 4 is 0 Å². The average molecular weight is 277 g/mol. The van der Waals surface area contributed by atoms with Crippen molar-refractivity contribution in [3.8, 4) is 0 Å². The zero-order chi connectivity index (χ0) is 14.5. The van der Waals surface area contributed by atoms with Crippen molar-refractivity contribution in [2.45, 2.75) is 59.4 Å². The van der Waals surface area contributed by atoms with Crippen molar-refractivity contribution in [3.05, 3.63) is 18.2 Å². The third-order valence-electron chi connectivity index (χ3n) is 5.14. The summed E-state index contributed by atoms with van der Waals surface area (Å²) >= 11 is 0. The molecule has 1 heterocycles. The summed E-state index contributed by atoms with van der Waals surface area (Å²) in [6.45, 7) is 8.87. The molecule has 1 aromatic heterocycles. The van der Waals surface area contributed by atoms with E-state index < -0.39 is 0 Å². The summed E-state index contributed by atoms with van der Waals surface area (Å²) in [5.74, 6) is 4.35. The van der Waals surface area contributed by atoms with Crippen LogP contribution in [0.25, 0.3) is 0 Å². The zero-order valence-corrected chi connectivity index (χ0v) is 13.4. The highest BCUT2D eigenvalue weighted by molar-refractivity contribution is 4.97. The maximum Gasteiger partial charge on any atom is 0.108 e. The smallest absolute Gasteiger partial charge is 0.108 e. The van der Waals surface area contributed by atoms with Crippen molar-refractivity contribution in [2.24, 2.45) is 29.4 Å². The predicted octanol–water partition coefficient (Wildman–Crippen LogP) is 3.48. The van der Waals surface area contributed by atoms with Crippen LogP contribution in [0.15, 0.2) is 12.4 Å². The standard InChI is InChI=1S/C17H31N3/c1-4-8-20-9-7-19-17(20)11-16-10-14(13(2)3)5-6-15(16)12-18/h7,9,13-16H,4-6,8,10-12,18H2,1-3H3. The third kappa shape index (κ3) is 3.63. The van der Waals surface area contributed by atoms with Crippen LogP contribution in [0.5, 0.6) is 0 Å². The number of rotatable bonds is 6. The molecule has 0 saturated heterocycles. The van der Waals surface area contributed by atoms with Gasteiger partial charge in [-0.25, -0.2) is 4.98 Å². The molecule has 3 atom stereocenters. The van der Waals surface area contributed by atoms with E-state index in [1.54, 1.807) is 0 Å². The molecule has 3 unspecified atom stereocenters. The highest BCUT2D eigenvalue weighted by Gasteiger charge is 2.31. The van der Waals surface area contributed by atoms with E-state index in [2.05, 4.69) is 36.5 Å². The number of aryl methyl sites for hydroxylation is 1. The Morgan fingerprint density at radius 3 is 2.80 bits per heavy atom. The maximum absolute atomic E-state index is 6.01. The van der Waals surface area contributed by atoms with Gasteiger partial charge in [-0.3, -0.25) is 0 Å². The second-order valence-electron chi connectivity index (χ2n) is 6.81. The largest absolute Gasteiger partial charge is 0.335 e. The minimum atomic E-state index is 0.691. The monoisotopic (exact) mass is 277 g/mol. The summed E-state index contributed by atoms with van der Waals surface area (Å²) < 4.78 is 2.33. The van der Waals surface area contributed by atoms with Gasteiger partial charge in [0.15, 0.2) is 0 Å². The van der Waals surface area contributed by atoms with Gasteiger partial charge < -0.3 is 10.3 Å². The molecule has 1 aliphatic rings. The van der Waals surface area contributed by atoms with Gasteiger partial charge in [-0.2, -0.15) is 0 Å². The fraction of sp³-hybridized carbons (Fsp3) is 0.824. The summed E-state index contributed by atoms with van der Waals surface area (Å²) in [5, 5.41) is 0. The van der Waals surface area contributed by atoms with Crippen molar-refractivity contribution in [1.29, 1.82) is 0 Å². The first kappa shape index (κ1) is 15.6. The quantitative estimate of drug-likeness (QED) is 0.865. The van der Waals surface area contributed by atoms with Gasteiger partial charge in [-0.05, 0) is 55.9 Å². The predicted molar refractivity (Wildman–Crippen MR) is 84.4 cm³/mol. The number of nitrogens with zero attached hydrogens (tertiary/aromatic N) is 2. The highest BCUT2D eigenvalue weighted by atomic mass is 15.1. The van der Waals surface area contributed by atoms with E-state index in [-0.39, 0.29) is 0 Å². The van der Waals surface area contributed by atoms with Gasteiger partial charge in [-0.1, -0.05) is 20.8 Å². The lowest BCUT2D eigenvalue weighted by Crippen LogP contribution is -2.33. The Balaban J connectivity index is 2.05. The number of aromatic nitrogens is 2. The molecule has 0 aromatic carbocycles. The molecule has 1 aromatic rings. The second kappa shape index (κ2) is 7.26. The fourth-order valence-electron chi connectivity index (χ4n) is 3.74. The van der Waals surface area contributed by atoms with E-state index in [9.17, 15) is 0 Å². The molecule has 3 heteroatoms. The molecular formula is C17H31N3. The van der Waals surface area contributed by atoms with Crippen LogP contribution in [0.4, 0.5) is 0 Å². The van der Waals surface area contributed by atoms with Crippen LogP contribution in [-0.4, -0.2) is 16.1 Å². The molecule has 0 bridgehead atoms. The summed E-state index contributed by atoms with van der Waals surface area (Å²) in [6.07, 6.45) is 10.3. The average Bonchev–Trinajstić information content (AvgIpc) is 2.86. The summed E-state index contributed by atoms with van der Waals surface area (Å²) in [4.78, 5) is 4.59. The van der Waals surface area contributed by atoms with E-state index in [0.717, 1.165) is 37.3 Å². The van der Waals surface area contributed by atoms with Crippen molar-refractivity contribution in [1.82, 2.24) is 9.55 Å². The van der Waals surface area contributed by atoms with Crippen LogP contribution in [0.3, 0.4) is 0 Å². The topological polar surface area (TPSA) is 43.8 Å². The number of imidazole rings is 1. The van der Waals surface area contributed by atoms with Gasteiger partial charge >= 0.3 is 0 Å². The lowest BCUT2D eigenvalue weighted by molar-refractivity contribution is 0.148. The fourth-order valence-corrected chi connectivity index (χ4v) is 3.74. The summed E-state index contributed by atoms with van der Waals surface area (Å²) in [5.41, 5.74) is 6.01.